The van der Waals surface area contributed by atoms with E-state index in [0.717, 1.165) is 54.7 Å². The summed E-state index contributed by atoms with van der Waals surface area (Å²) in [4.78, 5) is 38.6. The summed E-state index contributed by atoms with van der Waals surface area (Å²) in [6.45, 7) is 1.67. The first kappa shape index (κ1) is 23.7. The van der Waals surface area contributed by atoms with Crippen LogP contribution in [-0.4, -0.2) is 36.7 Å². The summed E-state index contributed by atoms with van der Waals surface area (Å²) < 4.78 is 2.05. The number of nitrogens with one attached hydrogen (secondary N) is 2. The number of rotatable bonds is 5. The molecule has 3 heterocycles. The minimum atomic E-state index is -0.256. The van der Waals surface area contributed by atoms with Crippen LogP contribution in [0.15, 0.2) is 61.1 Å². The number of carbonyl (C=O) groups excluding carboxylic acids is 2. The normalized spacial score (nSPS) is 21.6. The minimum Gasteiger partial charge on any atom is -0.382 e. The van der Waals surface area contributed by atoms with Gasteiger partial charge in [-0.15, -0.1) is 0 Å². The van der Waals surface area contributed by atoms with Gasteiger partial charge in [0.1, 0.15) is 28.7 Å². The SMILES string of the molecule is CC#CC(=O)NC12CCC(c3nc(-c4ccc(C(=O)Nc5ccccn5)cc4)c4c(N)nccn34)(CC1)C2. The molecule has 2 aliphatic rings. The average Bonchev–Trinajstić information content (AvgIpc) is 3.60. The van der Waals surface area contributed by atoms with Gasteiger partial charge in [-0.3, -0.25) is 14.0 Å². The fourth-order valence-corrected chi connectivity index (χ4v) is 6.11. The molecule has 0 unspecified atom stereocenters. The molecule has 190 valence electrons. The monoisotopic (exact) mass is 505 g/mol. The number of nitrogens with zero attached hydrogens (tertiary/aromatic N) is 4. The molecule has 9 nitrogen and oxygen atoms in total. The first-order valence-electron chi connectivity index (χ1n) is 12.6. The summed E-state index contributed by atoms with van der Waals surface area (Å²) in [6, 6.07) is 12.6. The number of nitrogens with two attached hydrogens (primary N) is 1. The molecule has 2 saturated carbocycles. The van der Waals surface area contributed by atoms with Crippen LogP contribution in [0.1, 0.15) is 55.2 Å². The Bertz CT molecular complexity index is 1610. The summed E-state index contributed by atoms with van der Waals surface area (Å²) in [5, 5.41) is 5.98. The van der Waals surface area contributed by atoms with Gasteiger partial charge in [0.15, 0.2) is 0 Å². The fraction of sp³-hybridized carbons (Fsp3) is 0.276. The van der Waals surface area contributed by atoms with Gasteiger partial charge in [0, 0.05) is 40.7 Å². The number of hydrogen-bond acceptors (Lipinski definition) is 6. The van der Waals surface area contributed by atoms with E-state index in [-0.39, 0.29) is 22.8 Å². The van der Waals surface area contributed by atoms with Crippen LogP contribution in [0, 0.1) is 11.8 Å². The van der Waals surface area contributed by atoms with Crippen molar-refractivity contribution in [1.82, 2.24) is 24.7 Å². The number of nitrogen functional groups attached to an aromatic ring is 1. The molecule has 1 aromatic carbocycles. The lowest BCUT2D eigenvalue weighted by Gasteiger charge is -2.27. The summed E-state index contributed by atoms with van der Waals surface area (Å²) in [5.74, 6) is 6.65. The minimum absolute atomic E-state index is 0.176. The van der Waals surface area contributed by atoms with Gasteiger partial charge in [-0.1, -0.05) is 24.1 Å². The molecule has 3 aromatic heterocycles. The predicted octanol–water partition coefficient (Wildman–Crippen LogP) is 3.72. The standard InChI is InChI=1S/C29H27N7O2/c1-2-5-22(37)35-29-13-11-28(18-29,12-14-29)27-34-23(24-25(30)32-16-17-36(24)27)19-7-9-20(10-8-19)26(38)33-21-6-3-4-15-31-21/h3-4,6-10,15-17H,11-14,18H2,1H3,(H2,30,32)(H,35,37)(H,31,33,38). The van der Waals surface area contributed by atoms with Gasteiger partial charge >= 0.3 is 0 Å². The molecule has 6 rings (SSSR count). The van der Waals surface area contributed by atoms with Gasteiger partial charge in [0.25, 0.3) is 11.8 Å². The second-order valence-electron chi connectivity index (χ2n) is 10.1. The summed E-state index contributed by atoms with van der Waals surface area (Å²) >= 11 is 0. The molecule has 4 aromatic rings. The number of fused-ring (bicyclic) bond motifs is 3. The molecule has 9 heteroatoms. The molecule has 4 N–H and O–H groups in total. The molecule has 0 spiro atoms. The van der Waals surface area contributed by atoms with Crippen LogP contribution in [0.25, 0.3) is 16.8 Å². The molecular formula is C29H27N7O2. The van der Waals surface area contributed by atoms with Crippen molar-refractivity contribution in [3.05, 3.63) is 72.4 Å². The van der Waals surface area contributed by atoms with Crippen molar-refractivity contribution in [2.24, 2.45) is 0 Å². The Labute approximate surface area is 219 Å². The van der Waals surface area contributed by atoms with Gasteiger partial charge in [0.2, 0.25) is 0 Å². The van der Waals surface area contributed by atoms with E-state index in [4.69, 9.17) is 10.7 Å². The number of carbonyl (C=O) groups is 2. The lowest BCUT2D eigenvalue weighted by atomic mass is 9.83. The Hall–Kier alpha value is -4.71. The van der Waals surface area contributed by atoms with E-state index in [0.29, 0.717) is 17.2 Å². The van der Waals surface area contributed by atoms with E-state index in [1.165, 1.54) is 0 Å². The highest BCUT2D eigenvalue weighted by molar-refractivity contribution is 6.04. The van der Waals surface area contributed by atoms with Crippen molar-refractivity contribution in [2.75, 3.05) is 11.1 Å². The molecule has 0 atom stereocenters. The van der Waals surface area contributed by atoms with Gasteiger partial charge in [-0.2, -0.15) is 0 Å². The van der Waals surface area contributed by atoms with Crippen molar-refractivity contribution in [3.63, 3.8) is 0 Å². The summed E-state index contributed by atoms with van der Waals surface area (Å²) in [6.07, 6.45) is 9.63. The van der Waals surface area contributed by atoms with Crippen LogP contribution in [0.5, 0.6) is 0 Å². The van der Waals surface area contributed by atoms with E-state index in [2.05, 4.69) is 36.8 Å². The zero-order valence-corrected chi connectivity index (χ0v) is 21.0. The quantitative estimate of drug-likeness (QED) is 0.355. The van der Waals surface area contributed by atoms with Crippen LogP contribution < -0.4 is 16.4 Å². The number of benzene rings is 1. The Kier molecular flexibility index (Phi) is 5.60. The second kappa shape index (κ2) is 8.99. The fourth-order valence-electron chi connectivity index (χ4n) is 6.11. The number of aromatic nitrogens is 4. The molecular weight excluding hydrogens is 478 g/mol. The Morgan fingerprint density at radius 2 is 1.82 bits per heavy atom. The topological polar surface area (TPSA) is 127 Å². The highest BCUT2D eigenvalue weighted by Crippen LogP contribution is 2.57. The number of pyridine rings is 1. The van der Waals surface area contributed by atoms with Crippen LogP contribution in [0.2, 0.25) is 0 Å². The second-order valence-corrected chi connectivity index (χ2v) is 10.1. The number of hydrogen-bond donors (Lipinski definition) is 3. The highest BCUT2D eigenvalue weighted by atomic mass is 16.2. The van der Waals surface area contributed by atoms with Crippen LogP contribution >= 0.6 is 0 Å². The van der Waals surface area contributed by atoms with E-state index in [1.807, 2.05) is 24.4 Å². The van der Waals surface area contributed by atoms with Crippen molar-refractivity contribution in [2.45, 2.75) is 50.0 Å². The molecule has 0 aliphatic heterocycles. The van der Waals surface area contributed by atoms with E-state index in [1.54, 1.807) is 43.6 Å². The maximum absolute atomic E-state index is 12.7. The molecule has 0 radical (unpaired) electrons. The Balaban J connectivity index is 1.34. The molecule has 2 amide bonds. The first-order valence-corrected chi connectivity index (χ1v) is 12.6. The molecule has 2 aliphatic carbocycles. The summed E-state index contributed by atoms with van der Waals surface area (Å²) in [7, 11) is 0. The molecule has 0 saturated heterocycles. The zero-order valence-electron chi connectivity index (χ0n) is 21.0. The van der Waals surface area contributed by atoms with Gasteiger partial charge < -0.3 is 16.4 Å². The third kappa shape index (κ3) is 3.95. The van der Waals surface area contributed by atoms with Gasteiger partial charge in [-0.25, -0.2) is 15.0 Å². The Morgan fingerprint density at radius 3 is 2.53 bits per heavy atom. The maximum atomic E-state index is 12.7. The molecule has 38 heavy (non-hydrogen) atoms. The van der Waals surface area contributed by atoms with E-state index in [9.17, 15) is 9.59 Å². The van der Waals surface area contributed by atoms with Crippen LogP contribution in [0.3, 0.4) is 0 Å². The largest absolute Gasteiger partial charge is 0.382 e. The molecule has 2 bridgehead atoms. The van der Waals surface area contributed by atoms with E-state index < -0.39 is 0 Å². The van der Waals surface area contributed by atoms with Crippen LogP contribution in [0.4, 0.5) is 11.6 Å². The van der Waals surface area contributed by atoms with Crippen molar-refractivity contribution in [3.8, 4) is 23.1 Å². The van der Waals surface area contributed by atoms with Crippen molar-refractivity contribution in [1.29, 1.82) is 0 Å². The molecule has 2 fully saturated rings. The zero-order chi connectivity index (χ0) is 26.3. The lowest BCUT2D eigenvalue weighted by molar-refractivity contribution is -0.117. The van der Waals surface area contributed by atoms with Gasteiger partial charge in [-0.05, 0) is 69.2 Å². The number of amides is 2. The maximum Gasteiger partial charge on any atom is 0.296 e. The average molecular weight is 506 g/mol. The van der Waals surface area contributed by atoms with E-state index >= 15 is 0 Å². The number of anilines is 2. The first-order chi connectivity index (χ1) is 18.4. The lowest BCUT2D eigenvalue weighted by Crippen LogP contribution is -2.44. The van der Waals surface area contributed by atoms with Crippen molar-refractivity contribution < 1.29 is 9.59 Å². The number of imidazole rings is 1. The Morgan fingerprint density at radius 1 is 1.03 bits per heavy atom. The smallest absolute Gasteiger partial charge is 0.296 e. The van der Waals surface area contributed by atoms with Crippen molar-refractivity contribution >= 4 is 29.0 Å². The summed E-state index contributed by atoms with van der Waals surface area (Å²) in [5.41, 5.74) is 8.76. The van der Waals surface area contributed by atoms with Gasteiger partial charge in [0.05, 0.1) is 0 Å². The predicted molar refractivity (Wildman–Crippen MR) is 144 cm³/mol. The third-order valence-corrected chi connectivity index (χ3v) is 7.84. The third-order valence-electron chi connectivity index (χ3n) is 7.84. The highest BCUT2D eigenvalue weighted by Gasteiger charge is 2.57. The van der Waals surface area contributed by atoms with Crippen LogP contribution in [-0.2, 0) is 10.2 Å².